The fourth-order valence-corrected chi connectivity index (χ4v) is 2.84. The first-order chi connectivity index (χ1) is 13.7. The molecule has 0 bridgehead atoms. The van der Waals surface area contributed by atoms with Crippen molar-refractivity contribution in [1.29, 1.82) is 0 Å². The zero-order valence-corrected chi connectivity index (χ0v) is 15.3. The number of halogens is 2. The molecular formula is C21H22F2O5. The Morgan fingerprint density at radius 3 is 2.43 bits per heavy atom. The van der Waals surface area contributed by atoms with E-state index in [9.17, 15) is 13.6 Å². The van der Waals surface area contributed by atoms with Crippen molar-refractivity contribution in [2.75, 3.05) is 26.4 Å². The summed E-state index contributed by atoms with van der Waals surface area (Å²) in [5.74, 6) is 0.951. The molecule has 3 rings (SSSR count). The maximum atomic E-state index is 13.1. The molecule has 0 atom stereocenters. The van der Waals surface area contributed by atoms with Crippen LogP contribution in [0.15, 0.2) is 42.5 Å². The Bertz CT molecular complexity index is 758. The van der Waals surface area contributed by atoms with Crippen LogP contribution < -0.4 is 9.47 Å². The molecule has 1 aliphatic heterocycles. The zero-order valence-electron chi connectivity index (χ0n) is 15.3. The van der Waals surface area contributed by atoms with Crippen molar-refractivity contribution in [3.8, 4) is 17.2 Å². The summed E-state index contributed by atoms with van der Waals surface area (Å²) in [6.07, 6.45) is -0.0921. The summed E-state index contributed by atoms with van der Waals surface area (Å²) in [4.78, 5) is 10.9. The van der Waals surface area contributed by atoms with E-state index in [1.54, 1.807) is 24.3 Å². The first-order valence-corrected chi connectivity index (χ1v) is 9.13. The van der Waals surface area contributed by atoms with Gasteiger partial charge in [0.2, 0.25) is 0 Å². The van der Waals surface area contributed by atoms with E-state index in [-0.39, 0.29) is 23.0 Å². The standard InChI is InChI=1S/C21H22F2O5/c22-21(23)19-6-1-15(14-24)13-20(19)28-18-4-2-16(3-5-18)26-11-12-27-17-7-9-25-10-8-17/h1-6,13-14,17,21H,7-12H2. The van der Waals surface area contributed by atoms with Gasteiger partial charge in [-0.2, -0.15) is 0 Å². The highest BCUT2D eigenvalue weighted by atomic mass is 19.3. The maximum absolute atomic E-state index is 13.1. The van der Waals surface area contributed by atoms with Gasteiger partial charge in [-0.1, -0.05) is 6.07 Å². The number of hydrogen-bond acceptors (Lipinski definition) is 5. The molecule has 7 heteroatoms. The summed E-state index contributed by atoms with van der Waals surface area (Å²) < 4.78 is 48.4. The van der Waals surface area contributed by atoms with Gasteiger partial charge in [0, 0.05) is 18.8 Å². The highest BCUT2D eigenvalue weighted by Gasteiger charge is 2.16. The van der Waals surface area contributed by atoms with E-state index in [0.717, 1.165) is 26.1 Å². The average Bonchev–Trinajstić information content (AvgIpc) is 2.73. The van der Waals surface area contributed by atoms with Gasteiger partial charge >= 0.3 is 0 Å². The topological polar surface area (TPSA) is 54.0 Å². The molecule has 1 saturated heterocycles. The number of rotatable bonds is 9. The zero-order chi connectivity index (χ0) is 19.8. The van der Waals surface area contributed by atoms with Crippen LogP contribution in [0.2, 0.25) is 0 Å². The highest BCUT2D eigenvalue weighted by molar-refractivity contribution is 5.76. The molecule has 5 nitrogen and oxygen atoms in total. The number of carbonyl (C=O) groups is 1. The van der Waals surface area contributed by atoms with E-state index < -0.39 is 6.43 Å². The molecular weight excluding hydrogens is 370 g/mol. The van der Waals surface area contributed by atoms with Gasteiger partial charge in [-0.15, -0.1) is 0 Å². The number of hydrogen-bond donors (Lipinski definition) is 0. The molecule has 0 aromatic heterocycles. The van der Waals surface area contributed by atoms with Crippen LogP contribution in [0.1, 0.15) is 35.2 Å². The third-order valence-electron chi connectivity index (χ3n) is 4.33. The largest absolute Gasteiger partial charge is 0.491 e. The van der Waals surface area contributed by atoms with E-state index in [4.69, 9.17) is 18.9 Å². The number of alkyl halides is 2. The average molecular weight is 392 g/mol. The molecule has 28 heavy (non-hydrogen) atoms. The third-order valence-corrected chi connectivity index (χ3v) is 4.33. The Hall–Kier alpha value is -2.51. The molecule has 150 valence electrons. The van der Waals surface area contributed by atoms with Gasteiger partial charge in [0.1, 0.15) is 30.1 Å². The summed E-state index contributed by atoms with van der Waals surface area (Å²) in [7, 11) is 0. The van der Waals surface area contributed by atoms with Crippen molar-refractivity contribution in [3.05, 3.63) is 53.6 Å². The monoisotopic (exact) mass is 392 g/mol. The predicted molar refractivity (Wildman–Crippen MR) is 98.6 cm³/mol. The Kier molecular flexibility index (Phi) is 7.33. The van der Waals surface area contributed by atoms with Gasteiger partial charge in [0.15, 0.2) is 0 Å². The number of carbonyl (C=O) groups excluding carboxylic acids is 1. The van der Waals surface area contributed by atoms with Crippen LogP contribution in [0, 0.1) is 0 Å². The van der Waals surface area contributed by atoms with Crippen molar-refractivity contribution in [2.45, 2.75) is 25.4 Å². The second-order valence-electron chi connectivity index (χ2n) is 6.32. The molecule has 0 radical (unpaired) electrons. The van der Waals surface area contributed by atoms with Crippen molar-refractivity contribution in [2.24, 2.45) is 0 Å². The molecule has 0 unspecified atom stereocenters. The quantitative estimate of drug-likeness (QED) is 0.453. The molecule has 2 aromatic rings. The minimum atomic E-state index is -2.70. The lowest BCUT2D eigenvalue weighted by atomic mass is 10.1. The summed E-state index contributed by atoms with van der Waals surface area (Å²) in [6, 6.07) is 10.5. The van der Waals surface area contributed by atoms with Gasteiger partial charge in [-0.25, -0.2) is 8.78 Å². The van der Waals surface area contributed by atoms with Crippen LogP contribution in [0.25, 0.3) is 0 Å². The Morgan fingerprint density at radius 2 is 1.75 bits per heavy atom. The molecule has 1 heterocycles. The Balaban J connectivity index is 1.52. The summed E-state index contributed by atoms with van der Waals surface area (Å²) in [5, 5.41) is 0. The molecule has 0 aliphatic carbocycles. The Labute approximate surface area is 162 Å². The molecule has 2 aromatic carbocycles. The van der Waals surface area contributed by atoms with E-state index in [2.05, 4.69) is 0 Å². The van der Waals surface area contributed by atoms with Gasteiger partial charge in [0.05, 0.1) is 18.3 Å². The van der Waals surface area contributed by atoms with Crippen LogP contribution in [0.3, 0.4) is 0 Å². The molecule has 0 saturated carbocycles. The second kappa shape index (κ2) is 10.1. The highest BCUT2D eigenvalue weighted by Crippen LogP contribution is 2.33. The summed E-state index contributed by atoms with van der Waals surface area (Å²) >= 11 is 0. The van der Waals surface area contributed by atoms with Crippen LogP contribution in [-0.4, -0.2) is 38.8 Å². The predicted octanol–water partition coefficient (Wildman–Crippen LogP) is 4.80. The number of ether oxygens (including phenoxy) is 4. The summed E-state index contributed by atoms with van der Waals surface area (Å²) in [5.41, 5.74) is 0.0000646. The maximum Gasteiger partial charge on any atom is 0.267 e. The van der Waals surface area contributed by atoms with Crippen LogP contribution in [0.5, 0.6) is 17.2 Å². The van der Waals surface area contributed by atoms with Gasteiger partial charge in [-0.3, -0.25) is 4.79 Å². The van der Waals surface area contributed by atoms with Crippen molar-refractivity contribution < 1.29 is 32.5 Å². The van der Waals surface area contributed by atoms with E-state index in [0.29, 0.717) is 31.0 Å². The number of aldehydes is 1. The van der Waals surface area contributed by atoms with E-state index in [1.807, 2.05) is 0 Å². The Morgan fingerprint density at radius 1 is 1.04 bits per heavy atom. The SMILES string of the molecule is O=Cc1ccc(C(F)F)c(Oc2ccc(OCCOC3CCOCC3)cc2)c1. The normalized spacial score (nSPS) is 14.8. The van der Waals surface area contributed by atoms with Crippen LogP contribution in [-0.2, 0) is 9.47 Å². The molecule has 0 amide bonds. The fraction of sp³-hybridized carbons (Fsp3) is 0.381. The van der Waals surface area contributed by atoms with Crippen molar-refractivity contribution in [1.82, 2.24) is 0 Å². The lowest BCUT2D eigenvalue weighted by Gasteiger charge is -2.22. The first-order valence-electron chi connectivity index (χ1n) is 9.13. The van der Waals surface area contributed by atoms with E-state index >= 15 is 0 Å². The second-order valence-corrected chi connectivity index (χ2v) is 6.32. The molecule has 1 aliphatic rings. The van der Waals surface area contributed by atoms with Gasteiger partial charge in [-0.05, 0) is 49.2 Å². The van der Waals surface area contributed by atoms with Crippen LogP contribution in [0.4, 0.5) is 8.78 Å². The van der Waals surface area contributed by atoms with Gasteiger partial charge < -0.3 is 18.9 Å². The number of benzene rings is 2. The minimum Gasteiger partial charge on any atom is -0.491 e. The smallest absolute Gasteiger partial charge is 0.267 e. The lowest BCUT2D eigenvalue weighted by Crippen LogP contribution is -2.25. The van der Waals surface area contributed by atoms with Gasteiger partial charge in [0.25, 0.3) is 6.43 Å². The van der Waals surface area contributed by atoms with E-state index in [1.165, 1.54) is 18.2 Å². The van der Waals surface area contributed by atoms with Crippen molar-refractivity contribution in [3.63, 3.8) is 0 Å². The minimum absolute atomic E-state index is 0.0434. The van der Waals surface area contributed by atoms with Crippen LogP contribution >= 0.6 is 0 Å². The first kappa shape index (κ1) is 20.2. The molecule has 1 fully saturated rings. The fourth-order valence-electron chi connectivity index (χ4n) is 2.84. The molecule has 0 N–H and O–H groups in total. The lowest BCUT2D eigenvalue weighted by molar-refractivity contribution is -0.0388. The summed E-state index contributed by atoms with van der Waals surface area (Å²) in [6.45, 7) is 2.36. The van der Waals surface area contributed by atoms with Crippen molar-refractivity contribution >= 4 is 6.29 Å². The molecule has 0 spiro atoms. The third kappa shape index (κ3) is 5.74.